The number of alkyl halides is 3. The molecule has 132 valence electrons. The van der Waals surface area contributed by atoms with Crippen molar-refractivity contribution in [3.8, 4) is 0 Å². The van der Waals surface area contributed by atoms with Crippen LogP contribution in [0.1, 0.15) is 11.4 Å². The standard InChI is InChI=1S/C17H17F3N4O/c18-17(19,20)16-21-8-6-14(22-16)24-11-10-23(15(25)12-24)9-7-13-4-2-1-3-5-13/h1-6,8H,7,9-12H2. The second-order valence-corrected chi connectivity index (χ2v) is 5.77. The maximum atomic E-state index is 12.7. The molecular formula is C17H17F3N4O. The molecule has 0 spiro atoms. The van der Waals surface area contributed by atoms with Gasteiger partial charge in [0.2, 0.25) is 11.7 Å². The van der Waals surface area contributed by atoms with Gasteiger partial charge in [-0.25, -0.2) is 9.97 Å². The van der Waals surface area contributed by atoms with Crippen LogP contribution in [-0.2, 0) is 17.4 Å². The summed E-state index contributed by atoms with van der Waals surface area (Å²) < 4.78 is 38.2. The monoisotopic (exact) mass is 350 g/mol. The molecule has 1 amide bonds. The van der Waals surface area contributed by atoms with E-state index in [2.05, 4.69) is 9.97 Å². The summed E-state index contributed by atoms with van der Waals surface area (Å²) in [5.74, 6) is -1.18. The molecule has 1 saturated heterocycles. The van der Waals surface area contributed by atoms with Crippen LogP contribution in [0.5, 0.6) is 0 Å². The minimum atomic E-state index is -4.60. The normalized spacial score (nSPS) is 15.6. The Morgan fingerprint density at radius 3 is 2.52 bits per heavy atom. The van der Waals surface area contributed by atoms with Gasteiger partial charge in [0, 0.05) is 25.8 Å². The summed E-state index contributed by atoms with van der Waals surface area (Å²) in [4.78, 5) is 22.4. The summed E-state index contributed by atoms with van der Waals surface area (Å²) >= 11 is 0. The molecule has 1 aliphatic heterocycles. The lowest BCUT2D eigenvalue weighted by atomic mass is 10.1. The van der Waals surface area contributed by atoms with Crippen LogP contribution in [0.3, 0.4) is 0 Å². The second-order valence-electron chi connectivity index (χ2n) is 5.77. The molecule has 0 N–H and O–H groups in total. The van der Waals surface area contributed by atoms with E-state index in [-0.39, 0.29) is 18.3 Å². The van der Waals surface area contributed by atoms with Crippen LogP contribution >= 0.6 is 0 Å². The molecule has 0 saturated carbocycles. The minimum Gasteiger partial charge on any atom is -0.345 e. The molecule has 0 atom stereocenters. The number of piperazine rings is 1. The van der Waals surface area contributed by atoms with E-state index in [4.69, 9.17) is 0 Å². The van der Waals surface area contributed by atoms with Crippen molar-refractivity contribution in [1.29, 1.82) is 0 Å². The van der Waals surface area contributed by atoms with E-state index >= 15 is 0 Å². The molecule has 3 rings (SSSR count). The fourth-order valence-corrected chi connectivity index (χ4v) is 2.71. The van der Waals surface area contributed by atoms with Gasteiger partial charge < -0.3 is 9.80 Å². The zero-order valence-electron chi connectivity index (χ0n) is 13.4. The third-order valence-corrected chi connectivity index (χ3v) is 4.05. The van der Waals surface area contributed by atoms with Crippen LogP contribution in [-0.4, -0.2) is 47.0 Å². The molecule has 8 heteroatoms. The molecule has 5 nitrogen and oxygen atoms in total. The fourth-order valence-electron chi connectivity index (χ4n) is 2.71. The lowest BCUT2D eigenvalue weighted by Crippen LogP contribution is -2.51. The van der Waals surface area contributed by atoms with Gasteiger partial charge >= 0.3 is 6.18 Å². The van der Waals surface area contributed by atoms with Crippen LogP contribution in [0, 0.1) is 0 Å². The summed E-state index contributed by atoms with van der Waals surface area (Å²) in [6, 6.07) is 11.2. The Labute approximate surface area is 143 Å². The highest BCUT2D eigenvalue weighted by molar-refractivity contribution is 5.82. The van der Waals surface area contributed by atoms with Crippen molar-refractivity contribution in [3.63, 3.8) is 0 Å². The number of anilines is 1. The van der Waals surface area contributed by atoms with Gasteiger partial charge in [-0.2, -0.15) is 13.2 Å². The number of amides is 1. The molecule has 0 bridgehead atoms. The van der Waals surface area contributed by atoms with Crippen molar-refractivity contribution >= 4 is 11.7 Å². The number of rotatable bonds is 4. The molecule has 1 aromatic carbocycles. The van der Waals surface area contributed by atoms with Crippen molar-refractivity contribution in [2.24, 2.45) is 0 Å². The summed E-state index contributed by atoms with van der Waals surface area (Å²) in [5.41, 5.74) is 1.14. The van der Waals surface area contributed by atoms with Crippen LogP contribution in [0.25, 0.3) is 0 Å². The van der Waals surface area contributed by atoms with Crippen LogP contribution in [0.15, 0.2) is 42.6 Å². The number of nitrogens with zero attached hydrogens (tertiary/aromatic N) is 4. The maximum Gasteiger partial charge on any atom is 0.451 e. The van der Waals surface area contributed by atoms with Gasteiger partial charge in [-0.1, -0.05) is 30.3 Å². The topological polar surface area (TPSA) is 49.3 Å². The Morgan fingerprint density at radius 2 is 1.84 bits per heavy atom. The number of aromatic nitrogens is 2. The fraction of sp³-hybridized carbons (Fsp3) is 0.353. The van der Waals surface area contributed by atoms with Crippen LogP contribution < -0.4 is 4.90 Å². The van der Waals surface area contributed by atoms with Crippen molar-refractivity contribution in [1.82, 2.24) is 14.9 Å². The first kappa shape index (κ1) is 17.2. The highest BCUT2D eigenvalue weighted by Crippen LogP contribution is 2.27. The number of carbonyl (C=O) groups is 1. The Morgan fingerprint density at radius 1 is 1.08 bits per heavy atom. The molecule has 2 aromatic rings. The van der Waals surface area contributed by atoms with E-state index in [1.54, 1.807) is 9.80 Å². The first-order valence-electron chi connectivity index (χ1n) is 7.90. The quantitative estimate of drug-likeness (QED) is 0.850. The molecule has 0 radical (unpaired) electrons. The molecule has 0 aliphatic carbocycles. The highest BCUT2D eigenvalue weighted by atomic mass is 19.4. The Balaban J connectivity index is 1.61. The Hall–Kier alpha value is -2.64. The predicted molar refractivity (Wildman–Crippen MR) is 86.0 cm³/mol. The van der Waals surface area contributed by atoms with Gasteiger partial charge in [-0.15, -0.1) is 0 Å². The first-order chi connectivity index (χ1) is 11.9. The third-order valence-electron chi connectivity index (χ3n) is 4.05. The SMILES string of the molecule is O=C1CN(c2ccnc(C(F)(F)F)n2)CCN1CCc1ccccc1. The van der Waals surface area contributed by atoms with Gasteiger partial charge in [0.15, 0.2) is 0 Å². The number of halogens is 3. The lowest BCUT2D eigenvalue weighted by molar-refractivity contribution is -0.144. The van der Waals surface area contributed by atoms with Crippen LogP contribution in [0.4, 0.5) is 19.0 Å². The van der Waals surface area contributed by atoms with E-state index in [1.165, 1.54) is 6.07 Å². The Kier molecular flexibility index (Phi) is 4.87. The van der Waals surface area contributed by atoms with E-state index in [0.29, 0.717) is 19.6 Å². The number of benzene rings is 1. The second kappa shape index (κ2) is 7.08. The molecule has 0 unspecified atom stereocenters. The van der Waals surface area contributed by atoms with Gasteiger partial charge in [0.05, 0.1) is 6.54 Å². The highest BCUT2D eigenvalue weighted by Gasteiger charge is 2.35. The van der Waals surface area contributed by atoms with Gasteiger partial charge in [0.1, 0.15) is 5.82 Å². The summed E-state index contributed by atoms with van der Waals surface area (Å²) in [6.45, 7) is 1.50. The van der Waals surface area contributed by atoms with Crippen molar-refractivity contribution < 1.29 is 18.0 Å². The number of hydrogen-bond acceptors (Lipinski definition) is 4. The molecular weight excluding hydrogens is 333 g/mol. The summed E-state index contributed by atoms with van der Waals surface area (Å²) in [6.07, 6.45) is -2.78. The molecule has 2 heterocycles. The van der Waals surface area contributed by atoms with E-state index in [9.17, 15) is 18.0 Å². The van der Waals surface area contributed by atoms with Gasteiger partial charge in [0.25, 0.3) is 0 Å². The molecule has 1 fully saturated rings. The average Bonchev–Trinajstić information content (AvgIpc) is 2.61. The van der Waals surface area contributed by atoms with E-state index in [1.807, 2.05) is 30.3 Å². The lowest BCUT2D eigenvalue weighted by Gasteiger charge is -2.35. The van der Waals surface area contributed by atoms with E-state index in [0.717, 1.165) is 18.2 Å². The summed E-state index contributed by atoms with van der Waals surface area (Å²) in [7, 11) is 0. The first-order valence-corrected chi connectivity index (χ1v) is 7.90. The number of carbonyl (C=O) groups excluding carboxylic acids is 1. The van der Waals surface area contributed by atoms with Gasteiger partial charge in [-0.05, 0) is 18.1 Å². The Bertz CT molecular complexity index is 736. The average molecular weight is 350 g/mol. The zero-order chi connectivity index (χ0) is 17.9. The molecule has 1 aliphatic rings. The predicted octanol–water partition coefficient (Wildman–Crippen LogP) is 2.39. The zero-order valence-corrected chi connectivity index (χ0v) is 13.4. The van der Waals surface area contributed by atoms with Gasteiger partial charge in [-0.3, -0.25) is 4.79 Å². The largest absolute Gasteiger partial charge is 0.451 e. The number of hydrogen-bond donors (Lipinski definition) is 0. The van der Waals surface area contributed by atoms with Crippen molar-refractivity contribution in [2.45, 2.75) is 12.6 Å². The molecule has 25 heavy (non-hydrogen) atoms. The van der Waals surface area contributed by atoms with E-state index < -0.39 is 12.0 Å². The smallest absolute Gasteiger partial charge is 0.345 e. The summed E-state index contributed by atoms with van der Waals surface area (Å²) in [5, 5.41) is 0. The third kappa shape index (κ3) is 4.26. The maximum absolute atomic E-state index is 12.7. The van der Waals surface area contributed by atoms with Crippen molar-refractivity contribution in [2.75, 3.05) is 31.1 Å². The van der Waals surface area contributed by atoms with Crippen LogP contribution in [0.2, 0.25) is 0 Å². The molecule has 1 aromatic heterocycles. The van der Waals surface area contributed by atoms with Crippen molar-refractivity contribution in [3.05, 3.63) is 54.0 Å². The minimum absolute atomic E-state index is 0.0170.